The Hall–Kier alpha value is -1.76. The summed E-state index contributed by atoms with van der Waals surface area (Å²) in [5.41, 5.74) is 0.963. The van der Waals surface area contributed by atoms with Crippen molar-refractivity contribution >= 4 is 0 Å². The molecule has 2 heterocycles. The maximum atomic E-state index is 5.82. The Morgan fingerprint density at radius 2 is 2.04 bits per heavy atom. The van der Waals surface area contributed by atoms with Crippen LogP contribution in [0.4, 0.5) is 0 Å². The second kappa shape index (κ2) is 8.37. The monoisotopic (exact) mass is 330 g/mol. The van der Waals surface area contributed by atoms with E-state index in [1.54, 1.807) is 0 Å². The molecule has 1 unspecified atom stereocenters. The average molecular weight is 330 g/mol. The molecule has 0 N–H and O–H groups in total. The van der Waals surface area contributed by atoms with Crippen LogP contribution in [0.25, 0.3) is 11.5 Å². The average Bonchev–Trinajstić information content (AvgIpc) is 3.06. The number of ether oxygens (including phenoxy) is 1. The van der Waals surface area contributed by atoms with E-state index in [1.165, 1.54) is 0 Å². The molecule has 1 aromatic heterocycles. The summed E-state index contributed by atoms with van der Waals surface area (Å²) in [6.07, 6.45) is 0. The van der Waals surface area contributed by atoms with Gasteiger partial charge in [0.25, 0.3) is 0 Å². The molecular weight excluding hydrogens is 304 g/mol. The first-order valence-corrected chi connectivity index (χ1v) is 8.68. The minimum absolute atomic E-state index is 0.510. The van der Waals surface area contributed by atoms with Gasteiger partial charge in [-0.05, 0) is 26.0 Å². The van der Waals surface area contributed by atoms with E-state index in [-0.39, 0.29) is 0 Å². The number of nitrogens with zero attached hydrogens (tertiary/aromatic N) is 4. The molecule has 1 aliphatic rings. The van der Waals surface area contributed by atoms with Gasteiger partial charge in [-0.15, -0.1) is 10.2 Å². The Labute approximate surface area is 143 Å². The second-order valence-corrected chi connectivity index (χ2v) is 6.18. The molecule has 0 radical (unpaired) electrons. The molecule has 1 aliphatic heterocycles. The normalized spacial score (nSPS) is 19.7. The highest BCUT2D eigenvalue weighted by atomic mass is 16.5. The summed E-state index contributed by atoms with van der Waals surface area (Å²) in [7, 11) is 0. The molecule has 2 aromatic rings. The van der Waals surface area contributed by atoms with Gasteiger partial charge >= 0.3 is 0 Å². The fraction of sp³-hybridized carbons (Fsp3) is 0.556. The lowest BCUT2D eigenvalue weighted by molar-refractivity contribution is 0.0437. The molecule has 1 saturated heterocycles. The standard InChI is InChI=1S/C18H26N4O2/c1-3-23-12-11-22-10-9-21(13-15(22)2)14-17-19-20-18(24-17)16-7-5-4-6-8-16/h4-8,15H,3,9-14H2,1-2H3. The largest absolute Gasteiger partial charge is 0.419 e. The molecule has 3 rings (SSSR count). The summed E-state index contributed by atoms with van der Waals surface area (Å²) < 4.78 is 11.3. The molecule has 6 nitrogen and oxygen atoms in total. The van der Waals surface area contributed by atoms with Gasteiger partial charge in [0.2, 0.25) is 11.8 Å². The lowest BCUT2D eigenvalue weighted by Gasteiger charge is -2.39. The highest BCUT2D eigenvalue weighted by Crippen LogP contribution is 2.18. The summed E-state index contributed by atoms with van der Waals surface area (Å²) in [6.45, 7) is 10.7. The van der Waals surface area contributed by atoms with E-state index in [0.717, 1.165) is 45.0 Å². The summed E-state index contributed by atoms with van der Waals surface area (Å²) in [5, 5.41) is 8.36. The van der Waals surface area contributed by atoms with Crippen LogP contribution in [-0.2, 0) is 11.3 Å². The van der Waals surface area contributed by atoms with Crippen LogP contribution in [-0.4, -0.2) is 65.4 Å². The van der Waals surface area contributed by atoms with E-state index in [2.05, 4.69) is 26.9 Å². The van der Waals surface area contributed by atoms with Crippen LogP contribution in [0, 0.1) is 0 Å². The van der Waals surface area contributed by atoms with Crippen molar-refractivity contribution in [1.29, 1.82) is 0 Å². The number of rotatable bonds is 7. The van der Waals surface area contributed by atoms with Crippen molar-refractivity contribution in [3.05, 3.63) is 36.2 Å². The van der Waals surface area contributed by atoms with E-state index in [9.17, 15) is 0 Å². The van der Waals surface area contributed by atoms with E-state index >= 15 is 0 Å². The molecule has 0 amide bonds. The zero-order valence-corrected chi connectivity index (χ0v) is 14.5. The Morgan fingerprint density at radius 1 is 1.21 bits per heavy atom. The topological polar surface area (TPSA) is 54.6 Å². The van der Waals surface area contributed by atoms with Crippen LogP contribution in [0.1, 0.15) is 19.7 Å². The van der Waals surface area contributed by atoms with Crippen LogP contribution in [0.2, 0.25) is 0 Å². The van der Waals surface area contributed by atoms with Crippen LogP contribution in [0.5, 0.6) is 0 Å². The minimum atomic E-state index is 0.510. The molecule has 1 fully saturated rings. The summed E-state index contributed by atoms with van der Waals surface area (Å²) in [6, 6.07) is 10.4. The van der Waals surface area contributed by atoms with Gasteiger partial charge in [-0.1, -0.05) is 18.2 Å². The quantitative estimate of drug-likeness (QED) is 0.726. The van der Waals surface area contributed by atoms with Crippen LogP contribution >= 0.6 is 0 Å². The van der Waals surface area contributed by atoms with Gasteiger partial charge < -0.3 is 9.15 Å². The van der Waals surface area contributed by atoms with Crippen molar-refractivity contribution in [2.45, 2.75) is 26.4 Å². The van der Waals surface area contributed by atoms with Crippen molar-refractivity contribution < 1.29 is 9.15 Å². The first-order valence-electron chi connectivity index (χ1n) is 8.68. The van der Waals surface area contributed by atoms with E-state index in [1.807, 2.05) is 37.3 Å². The molecule has 1 aromatic carbocycles. The third-order valence-electron chi connectivity index (χ3n) is 4.42. The fourth-order valence-electron chi connectivity index (χ4n) is 3.08. The van der Waals surface area contributed by atoms with Gasteiger partial charge in [-0.3, -0.25) is 9.80 Å². The molecule has 24 heavy (non-hydrogen) atoms. The van der Waals surface area contributed by atoms with E-state index < -0.39 is 0 Å². The van der Waals surface area contributed by atoms with Crippen LogP contribution in [0.3, 0.4) is 0 Å². The lowest BCUT2D eigenvalue weighted by atomic mass is 10.2. The van der Waals surface area contributed by atoms with Crippen molar-refractivity contribution in [2.24, 2.45) is 0 Å². The molecule has 1 atom stereocenters. The van der Waals surface area contributed by atoms with Crippen molar-refractivity contribution in [3.63, 3.8) is 0 Å². The van der Waals surface area contributed by atoms with Gasteiger partial charge in [0.05, 0.1) is 13.2 Å². The summed E-state index contributed by atoms with van der Waals surface area (Å²) in [4.78, 5) is 4.86. The predicted molar refractivity (Wildman–Crippen MR) is 92.5 cm³/mol. The SMILES string of the molecule is CCOCCN1CCN(Cc2nnc(-c3ccccc3)o2)CC1C. The molecule has 0 aliphatic carbocycles. The first-order chi connectivity index (χ1) is 11.8. The number of piperazine rings is 1. The van der Waals surface area contributed by atoms with Crippen LogP contribution in [0.15, 0.2) is 34.7 Å². The molecule has 6 heteroatoms. The molecule has 0 bridgehead atoms. The Morgan fingerprint density at radius 3 is 2.79 bits per heavy atom. The zero-order valence-electron chi connectivity index (χ0n) is 14.5. The molecule has 0 spiro atoms. The fourth-order valence-corrected chi connectivity index (χ4v) is 3.08. The van der Waals surface area contributed by atoms with Gasteiger partial charge in [0.15, 0.2) is 0 Å². The molecular formula is C18H26N4O2. The molecule has 130 valence electrons. The first kappa shape index (κ1) is 17.1. The second-order valence-electron chi connectivity index (χ2n) is 6.18. The van der Waals surface area contributed by atoms with Gasteiger partial charge in [0.1, 0.15) is 0 Å². The van der Waals surface area contributed by atoms with Gasteiger partial charge in [-0.25, -0.2) is 0 Å². The number of aromatic nitrogens is 2. The number of hydrogen-bond donors (Lipinski definition) is 0. The maximum absolute atomic E-state index is 5.82. The Balaban J connectivity index is 1.52. The highest BCUT2D eigenvalue weighted by molar-refractivity contribution is 5.51. The maximum Gasteiger partial charge on any atom is 0.247 e. The van der Waals surface area contributed by atoms with Gasteiger partial charge in [0, 0.05) is 44.4 Å². The van der Waals surface area contributed by atoms with Crippen molar-refractivity contribution in [2.75, 3.05) is 39.4 Å². The summed E-state index contributed by atoms with van der Waals surface area (Å²) >= 11 is 0. The smallest absolute Gasteiger partial charge is 0.247 e. The highest BCUT2D eigenvalue weighted by Gasteiger charge is 2.24. The van der Waals surface area contributed by atoms with Crippen LogP contribution < -0.4 is 0 Å². The number of benzene rings is 1. The molecule has 0 saturated carbocycles. The predicted octanol–water partition coefficient (Wildman–Crippen LogP) is 2.28. The Kier molecular flexibility index (Phi) is 5.96. The Bertz CT molecular complexity index is 616. The van der Waals surface area contributed by atoms with Gasteiger partial charge in [-0.2, -0.15) is 0 Å². The van der Waals surface area contributed by atoms with Crippen molar-refractivity contribution in [3.8, 4) is 11.5 Å². The lowest BCUT2D eigenvalue weighted by Crippen LogP contribution is -2.52. The minimum Gasteiger partial charge on any atom is -0.419 e. The third-order valence-corrected chi connectivity index (χ3v) is 4.42. The number of hydrogen-bond acceptors (Lipinski definition) is 6. The summed E-state index contributed by atoms with van der Waals surface area (Å²) in [5.74, 6) is 1.28. The zero-order chi connectivity index (χ0) is 16.8. The van der Waals surface area contributed by atoms with E-state index in [0.29, 0.717) is 24.4 Å². The third kappa shape index (κ3) is 4.41. The van der Waals surface area contributed by atoms with Crippen molar-refractivity contribution in [1.82, 2.24) is 20.0 Å². The van der Waals surface area contributed by atoms with E-state index in [4.69, 9.17) is 9.15 Å².